The van der Waals surface area contributed by atoms with Crippen LogP contribution in [-0.4, -0.2) is 15.0 Å². The first kappa shape index (κ1) is 12.7. The first-order valence-electron chi connectivity index (χ1n) is 4.85. The van der Waals surface area contributed by atoms with Crippen molar-refractivity contribution in [2.75, 3.05) is 5.73 Å². The number of rotatable bonds is 1. The average molecular weight is 277 g/mol. The van der Waals surface area contributed by atoms with Gasteiger partial charge in [0.25, 0.3) is 0 Å². The Labute approximate surface area is 105 Å². The smallest absolute Gasteiger partial charge is 0.381 e. The van der Waals surface area contributed by atoms with Gasteiger partial charge in [-0.1, -0.05) is 16.8 Å². The Morgan fingerprint density at radius 3 is 2.44 bits per heavy atom. The summed E-state index contributed by atoms with van der Waals surface area (Å²) < 4.78 is 39.1. The van der Waals surface area contributed by atoms with Gasteiger partial charge in [-0.15, -0.1) is 5.10 Å². The van der Waals surface area contributed by atoms with E-state index in [-0.39, 0.29) is 16.5 Å². The van der Waals surface area contributed by atoms with Gasteiger partial charge >= 0.3 is 6.18 Å². The highest BCUT2D eigenvalue weighted by Crippen LogP contribution is 2.33. The second-order valence-electron chi connectivity index (χ2n) is 3.67. The van der Waals surface area contributed by atoms with Gasteiger partial charge in [-0.3, -0.25) is 0 Å². The van der Waals surface area contributed by atoms with Crippen LogP contribution < -0.4 is 5.73 Å². The van der Waals surface area contributed by atoms with Crippen LogP contribution in [-0.2, 0) is 6.18 Å². The molecule has 0 bridgehead atoms. The van der Waals surface area contributed by atoms with E-state index in [1.54, 1.807) is 6.92 Å². The Kier molecular flexibility index (Phi) is 2.94. The van der Waals surface area contributed by atoms with Crippen molar-refractivity contribution < 1.29 is 13.2 Å². The van der Waals surface area contributed by atoms with Crippen LogP contribution in [0.4, 0.5) is 19.0 Å². The van der Waals surface area contributed by atoms with Crippen LogP contribution in [0, 0.1) is 6.92 Å². The van der Waals surface area contributed by atoms with Gasteiger partial charge in [-0.25, -0.2) is 4.68 Å². The van der Waals surface area contributed by atoms with E-state index >= 15 is 0 Å². The lowest BCUT2D eigenvalue weighted by Crippen LogP contribution is -2.07. The largest absolute Gasteiger partial charge is 0.416 e. The van der Waals surface area contributed by atoms with Gasteiger partial charge in [0.2, 0.25) is 0 Å². The number of nitrogen functional groups attached to an aromatic ring is 1. The van der Waals surface area contributed by atoms with E-state index in [4.69, 9.17) is 17.3 Å². The van der Waals surface area contributed by atoms with Gasteiger partial charge < -0.3 is 5.73 Å². The Balaban J connectivity index is 2.59. The summed E-state index contributed by atoms with van der Waals surface area (Å²) in [6.07, 6.45) is -4.47. The van der Waals surface area contributed by atoms with Crippen molar-refractivity contribution in [3.05, 3.63) is 34.5 Å². The van der Waals surface area contributed by atoms with E-state index in [0.29, 0.717) is 5.69 Å². The Morgan fingerprint density at radius 1 is 1.28 bits per heavy atom. The van der Waals surface area contributed by atoms with Crippen LogP contribution in [0.1, 0.15) is 11.3 Å². The fourth-order valence-electron chi connectivity index (χ4n) is 1.45. The van der Waals surface area contributed by atoms with E-state index in [1.807, 2.05) is 0 Å². The maximum absolute atomic E-state index is 12.6. The quantitative estimate of drug-likeness (QED) is 0.871. The van der Waals surface area contributed by atoms with E-state index in [9.17, 15) is 13.2 Å². The zero-order chi connectivity index (χ0) is 13.5. The molecule has 2 rings (SSSR count). The summed E-state index contributed by atoms with van der Waals surface area (Å²) in [4.78, 5) is 0. The zero-order valence-corrected chi connectivity index (χ0v) is 9.92. The molecule has 0 amide bonds. The molecule has 0 aliphatic rings. The lowest BCUT2D eigenvalue weighted by Gasteiger charge is -2.10. The van der Waals surface area contributed by atoms with Gasteiger partial charge in [0.05, 0.1) is 16.9 Å². The Bertz CT molecular complexity index is 591. The molecular weight excluding hydrogens is 269 g/mol. The highest BCUT2D eigenvalue weighted by atomic mass is 35.5. The third kappa shape index (κ3) is 2.26. The molecule has 0 atom stereocenters. The Hall–Kier alpha value is -1.76. The molecule has 0 fully saturated rings. The number of anilines is 1. The molecule has 0 saturated carbocycles. The summed E-state index contributed by atoms with van der Waals surface area (Å²) in [6, 6.07) is 3.14. The fourth-order valence-corrected chi connectivity index (χ4v) is 1.68. The predicted molar refractivity (Wildman–Crippen MR) is 60.5 cm³/mol. The minimum absolute atomic E-state index is 0.0340. The monoisotopic (exact) mass is 276 g/mol. The van der Waals surface area contributed by atoms with Crippen LogP contribution in [0.3, 0.4) is 0 Å². The van der Waals surface area contributed by atoms with Crippen molar-refractivity contribution >= 4 is 17.4 Å². The SMILES string of the molecule is Cc1c(N)nnn1-c1cc(Cl)cc(C(F)(F)F)c1. The molecule has 0 unspecified atom stereocenters. The van der Waals surface area contributed by atoms with Gasteiger partial charge in [-0.2, -0.15) is 13.2 Å². The molecule has 96 valence electrons. The van der Waals surface area contributed by atoms with Crippen molar-refractivity contribution in [2.24, 2.45) is 0 Å². The number of nitrogens with zero attached hydrogens (tertiary/aromatic N) is 3. The maximum Gasteiger partial charge on any atom is 0.416 e. The Morgan fingerprint density at radius 2 is 1.94 bits per heavy atom. The summed E-state index contributed by atoms with van der Waals surface area (Å²) >= 11 is 5.67. The van der Waals surface area contributed by atoms with Crippen molar-refractivity contribution in [3.63, 3.8) is 0 Å². The number of alkyl halides is 3. The van der Waals surface area contributed by atoms with E-state index in [1.165, 1.54) is 10.7 Å². The van der Waals surface area contributed by atoms with Gasteiger partial charge in [0.1, 0.15) is 0 Å². The topological polar surface area (TPSA) is 56.7 Å². The molecule has 0 saturated heterocycles. The number of aromatic nitrogens is 3. The minimum Gasteiger partial charge on any atom is -0.381 e. The van der Waals surface area contributed by atoms with E-state index in [2.05, 4.69) is 10.3 Å². The highest BCUT2D eigenvalue weighted by molar-refractivity contribution is 6.30. The molecular formula is C10H8ClF3N4. The van der Waals surface area contributed by atoms with Crippen molar-refractivity contribution in [1.82, 2.24) is 15.0 Å². The molecule has 0 aliphatic carbocycles. The van der Waals surface area contributed by atoms with Crippen LogP contribution >= 0.6 is 11.6 Å². The van der Waals surface area contributed by atoms with Crippen LogP contribution in [0.25, 0.3) is 5.69 Å². The lowest BCUT2D eigenvalue weighted by atomic mass is 10.2. The molecule has 8 heteroatoms. The van der Waals surface area contributed by atoms with Crippen LogP contribution in [0.2, 0.25) is 5.02 Å². The van der Waals surface area contributed by atoms with Gasteiger partial charge in [0, 0.05) is 5.02 Å². The molecule has 0 aliphatic heterocycles. The van der Waals surface area contributed by atoms with E-state index < -0.39 is 11.7 Å². The zero-order valence-electron chi connectivity index (χ0n) is 9.16. The maximum atomic E-state index is 12.6. The highest BCUT2D eigenvalue weighted by Gasteiger charge is 2.31. The molecule has 0 radical (unpaired) electrons. The normalized spacial score (nSPS) is 11.8. The summed E-state index contributed by atoms with van der Waals surface area (Å²) in [7, 11) is 0. The summed E-state index contributed by atoms with van der Waals surface area (Å²) in [5.41, 5.74) is 5.25. The molecule has 4 nitrogen and oxygen atoms in total. The van der Waals surface area contributed by atoms with Crippen LogP contribution in [0.5, 0.6) is 0 Å². The van der Waals surface area contributed by atoms with Crippen molar-refractivity contribution in [1.29, 1.82) is 0 Å². The van der Waals surface area contributed by atoms with Crippen molar-refractivity contribution in [2.45, 2.75) is 13.1 Å². The average Bonchev–Trinajstić information content (AvgIpc) is 2.58. The number of hydrogen-bond donors (Lipinski definition) is 1. The predicted octanol–water partition coefficient (Wildman–Crippen LogP) is 2.83. The first-order valence-corrected chi connectivity index (χ1v) is 5.23. The molecule has 18 heavy (non-hydrogen) atoms. The standard InChI is InChI=1S/C10H8ClF3N4/c1-5-9(15)16-17-18(5)8-3-6(10(12,13)14)2-7(11)4-8/h2-4H,15H2,1H3. The van der Waals surface area contributed by atoms with Gasteiger partial charge in [-0.05, 0) is 25.1 Å². The lowest BCUT2D eigenvalue weighted by molar-refractivity contribution is -0.137. The molecule has 0 spiro atoms. The van der Waals surface area contributed by atoms with Gasteiger partial charge in [0.15, 0.2) is 5.82 Å². The second kappa shape index (κ2) is 4.16. The summed E-state index contributed by atoms with van der Waals surface area (Å²) in [5, 5.41) is 7.21. The summed E-state index contributed by atoms with van der Waals surface area (Å²) in [5.74, 6) is 0.156. The molecule has 2 N–H and O–H groups in total. The fraction of sp³-hybridized carbons (Fsp3) is 0.200. The molecule has 1 aromatic heterocycles. The second-order valence-corrected chi connectivity index (χ2v) is 4.10. The summed E-state index contributed by atoms with van der Waals surface area (Å²) in [6.45, 7) is 1.60. The van der Waals surface area contributed by atoms with Crippen molar-refractivity contribution in [3.8, 4) is 5.69 Å². The minimum atomic E-state index is -4.47. The first-order chi connectivity index (χ1) is 8.29. The number of benzene rings is 1. The third-order valence-corrected chi connectivity index (χ3v) is 2.60. The van der Waals surface area contributed by atoms with E-state index in [0.717, 1.165) is 12.1 Å². The molecule has 1 heterocycles. The molecule has 1 aromatic carbocycles. The van der Waals surface area contributed by atoms with Crippen LogP contribution in [0.15, 0.2) is 18.2 Å². The third-order valence-electron chi connectivity index (χ3n) is 2.38. The number of halogens is 4. The molecule has 2 aromatic rings. The number of hydrogen-bond acceptors (Lipinski definition) is 3. The number of nitrogens with two attached hydrogens (primary N) is 1.